The molecule has 1 aromatic heterocycles. The number of nitrogens with one attached hydrogen (secondary N) is 1. The molecule has 2 aliphatic rings. The van der Waals surface area contributed by atoms with Gasteiger partial charge in [0.15, 0.2) is 0 Å². The van der Waals surface area contributed by atoms with E-state index in [2.05, 4.69) is 5.32 Å². The zero-order valence-corrected chi connectivity index (χ0v) is 21.1. The topological polar surface area (TPSA) is 79.0 Å². The number of benzene rings is 2. The van der Waals surface area contributed by atoms with Crippen molar-refractivity contribution in [3.8, 4) is 0 Å². The molecule has 0 aliphatic carbocycles. The second-order valence-electron chi connectivity index (χ2n) is 9.30. The number of nitrogens with zero attached hydrogens (tertiary/aromatic N) is 2. The van der Waals surface area contributed by atoms with Gasteiger partial charge in [-0.1, -0.05) is 36.4 Å². The number of piperidine rings is 1. The van der Waals surface area contributed by atoms with Gasteiger partial charge in [-0.25, -0.2) is 4.39 Å². The van der Waals surface area contributed by atoms with Gasteiger partial charge in [-0.3, -0.25) is 19.3 Å². The summed E-state index contributed by atoms with van der Waals surface area (Å²) in [5, 5.41) is 4.87. The first-order chi connectivity index (χ1) is 17.9. The fourth-order valence-electron chi connectivity index (χ4n) is 4.98. The number of hydrogen-bond donors (Lipinski definition) is 1. The summed E-state index contributed by atoms with van der Waals surface area (Å²) in [5.41, 5.74) is 0.210. The number of hydrogen-bond acceptors (Lipinski definition) is 5. The second kappa shape index (κ2) is 10.8. The lowest BCUT2D eigenvalue weighted by Gasteiger charge is -2.44. The average Bonchev–Trinajstić information content (AvgIpc) is 3.56. The Bertz CT molecular complexity index is 1240. The molecule has 1 N–H and O–H groups in total. The average molecular weight is 522 g/mol. The Morgan fingerprint density at radius 2 is 1.73 bits per heavy atom. The first-order valence-corrected chi connectivity index (χ1v) is 13.2. The van der Waals surface area contributed by atoms with Crippen LogP contribution in [0, 0.1) is 5.82 Å². The smallest absolute Gasteiger partial charge is 0.256 e. The fourth-order valence-corrected chi connectivity index (χ4v) is 5.68. The normalized spacial score (nSPS) is 18.7. The predicted octanol–water partition coefficient (Wildman–Crippen LogP) is 3.61. The Morgan fingerprint density at radius 1 is 1.00 bits per heavy atom. The van der Waals surface area contributed by atoms with Gasteiger partial charge in [-0.05, 0) is 41.3 Å². The lowest BCUT2D eigenvalue weighted by molar-refractivity contribution is -0.143. The van der Waals surface area contributed by atoms with Crippen molar-refractivity contribution in [3.63, 3.8) is 0 Å². The van der Waals surface area contributed by atoms with Crippen LogP contribution in [0.4, 0.5) is 4.39 Å². The van der Waals surface area contributed by atoms with Crippen LogP contribution >= 0.6 is 11.3 Å². The molecule has 2 aromatic carbocycles. The van der Waals surface area contributed by atoms with E-state index in [9.17, 15) is 18.8 Å². The van der Waals surface area contributed by atoms with Gasteiger partial charge in [0.1, 0.15) is 17.6 Å². The maximum absolute atomic E-state index is 13.7. The van der Waals surface area contributed by atoms with Crippen LogP contribution in [0.25, 0.3) is 0 Å². The van der Waals surface area contributed by atoms with Crippen molar-refractivity contribution in [2.24, 2.45) is 0 Å². The van der Waals surface area contributed by atoms with Gasteiger partial charge in [-0.15, -0.1) is 11.3 Å². The number of likely N-dealkylation sites (tertiary alicyclic amines) is 1. The van der Waals surface area contributed by atoms with Crippen molar-refractivity contribution in [2.45, 2.75) is 37.6 Å². The van der Waals surface area contributed by atoms with Crippen LogP contribution in [0.15, 0.2) is 72.1 Å². The van der Waals surface area contributed by atoms with Gasteiger partial charge in [-0.2, -0.15) is 0 Å². The molecule has 1 spiro atoms. The molecular formula is C28H28FN3O4S. The maximum Gasteiger partial charge on any atom is 0.256 e. The largest absolute Gasteiger partial charge is 0.353 e. The van der Waals surface area contributed by atoms with E-state index in [1.807, 2.05) is 47.8 Å². The predicted molar refractivity (Wildman–Crippen MR) is 137 cm³/mol. The molecule has 5 rings (SSSR count). The number of rotatable bonds is 6. The van der Waals surface area contributed by atoms with Crippen LogP contribution in [0.2, 0.25) is 0 Å². The Hall–Kier alpha value is -3.56. The molecular weight excluding hydrogens is 493 g/mol. The number of ether oxygens (including phenoxy) is 1. The van der Waals surface area contributed by atoms with Gasteiger partial charge in [0, 0.05) is 42.9 Å². The maximum atomic E-state index is 13.7. The highest BCUT2D eigenvalue weighted by molar-refractivity contribution is 7.10. The molecule has 0 radical (unpaired) electrons. The molecule has 7 nitrogen and oxygen atoms in total. The zero-order chi connectivity index (χ0) is 25.8. The summed E-state index contributed by atoms with van der Waals surface area (Å²) in [6.07, 6.45) is 1.12. The van der Waals surface area contributed by atoms with E-state index in [0.29, 0.717) is 38.9 Å². The number of amides is 3. The minimum Gasteiger partial charge on any atom is -0.353 e. The lowest BCUT2D eigenvalue weighted by atomic mass is 9.96. The van der Waals surface area contributed by atoms with Gasteiger partial charge in [0.05, 0.1) is 13.0 Å². The Labute approximate surface area is 218 Å². The van der Waals surface area contributed by atoms with Crippen LogP contribution in [0.1, 0.15) is 33.6 Å². The molecule has 192 valence electrons. The Balaban J connectivity index is 1.33. The molecule has 3 heterocycles. The van der Waals surface area contributed by atoms with Gasteiger partial charge in [0.2, 0.25) is 11.8 Å². The summed E-state index contributed by atoms with van der Waals surface area (Å²) >= 11 is 1.55. The quantitative estimate of drug-likeness (QED) is 0.538. The molecule has 9 heteroatoms. The third kappa shape index (κ3) is 5.42. The highest BCUT2D eigenvalue weighted by Gasteiger charge is 2.54. The van der Waals surface area contributed by atoms with Gasteiger partial charge in [0.25, 0.3) is 5.91 Å². The summed E-state index contributed by atoms with van der Waals surface area (Å²) in [5.74, 6) is -1.12. The monoisotopic (exact) mass is 521 g/mol. The number of carbonyl (C=O) groups is 3. The summed E-state index contributed by atoms with van der Waals surface area (Å²) in [6.45, 7) is 1.20. The van der Waals surface area contributed by atoms with Crippen LogP contribution in [0.5, 0.6) is 0 Å². The van der Waals surface area contributed by atoms with E-state index in [0.717, 1.165) is 10.4 Å². The highest BCUT2D eigenvalue weighted by atomic mass is 32.1. The first kappa shape index (κ1) is 25.1. The minimum absolute atomic E-state index is 0.0314. The summed E-state index contributed by atoms with van der Waals surface area (Å²) in [4.78, 5) is 44.2. The standard InChI is InChI=1S/C28H28FN3O4S/c29-22-10-8-21(9-11-22)27(35)32-24(26(34)30-18-20-5-2-1-3-6-20)19-36-28(32)12-14-31(15-13-28)25(33)17-23-7-4-16-37-23/h1-11,16,24H,12-15,17-19H2,(H,30,34)/t24-/m0/s1. The van der Waals surface area contributed by atoms with E-state index in [1.54, 1.807) is 16.2 Å². The minimum atomic E-state index is -1.01. The summed E-state index contributed by atoms with van der Waals surface area (Å²) in [6, 6.07) is 17.8. The molecule has 3 aromatic rings. The van der Waals surface area contributed by atoms with Gasteiger partial charge >= 0.3 is 0 Å². The lowest BCUT2D eigenvalue weighted by Crippen LogP contribution is -2.59. The van der Waals surface area contributed by atoms with Crippen LogP contribution in [-0.4, -0.2) is 59.0 Å². The molecule has 2 saturated heterocycles. The van der Waals surface area contributed by atoms with Crippen LogP contribution < -0.4 is 5.32 Å². The SMILES string of the molecule is O=C(NCc1ccccc1)[C@@H]1COC2(CCN(C(=O)Cc3cccs3)CC2)N1C(=O)c1ccc(F)cc1. The fraction of sp³-hybridized carbons (Fsp3) is 0.321. The van der Waals surface area contributed by atoms with E-state index < -0.39 is 23.5 Å². The zero-order valence-electron chi connectivity index (χ0n) is 20.3. The first-order valence-electron chi connectivity index (χ1n) is 12.3. The number of thiophene rings is 1. The molecule has 1 atom stereocenters. The highest BCUT2D eigenvalue weighted by Crippen LogP contribution is 2.38. The van der Waals surface area contributed by atoms with Crippen molar-refractivity contribution in [2.75, 3.05) is 19.7 Å². The molecule has 3 amide bonds. The molecule has 2 fully saturated rings. The second-order valence-corrected chi connectivity index (χ2v) is 10.3. The van der Waals surface area contributed by atoms with Crippen LogP contribution in [-0.2, 0) is 27.3 Å². The Morgan fingerprint density at radius 3 is 2.41 bits per heavy atom. The molecule has 0 saturated carbocycles. The van der Waals surface area contributed by atoms with Crippen molar-refractivity contribution < 1.29 is 23.5 Å². The third-order valence-electron chi connectivity index (χ3n) is 6.99. The van der Waals surface area contributed by atoms with Crippen molar-refractivity contribution in [3.05, 3.63) is 93.9 Å². The van der Waals surface area contributed by atoms with E-state index in [1.165, 1.54) is 29.2 Å². The van der Waals surface area contributed by atoms with Crippen molar-refractivity contribution in [1.82, 2.24) is 15.1 Å². The molecule has 0 bridgehead atoms. The molecule has 2 aliphatic heterocycles. The van der Waals surface area contributed by atoms with E-state index in [4.69, 9.17) is 4.74 Å². The Kier molecular flexibility index (Phi) is 7.34. The van der Waals surface area contributed by atoms with Crippen molar-refractivity contribution in [1.29, 1.82) is 0 Å². The number of halogens is 1. The van der Waals surface area contributed by atoms with E-state index >= 15 is 0 Å². The molecule has 37 heavy (non-hydrogen) atoms. The van der Waals surface area contributed by atoms with Crippen molar-refractivity contribution >= 4 is 29.1 Å². The molecule has 0 unspecified atom stereocenters. The summed E-state index contributed by atoms with van der Waals surface area (Å²) in [7, 11) is 0. The van der Waals surface area contributed by atoms with Crippen LogP contribution in [0.3, 0.4) is 0 Å². The number of carbonyl (C=O) groups excluding carboxylic acids is 3. The van der Waals surface area contributed by atoms with E-state index in [-0.39, 0.29) is 24.0 Å². The summed E-state index contributed by atoms with van der Waals surface area (Å²) < 4.78 is 19.8. The third-order valence-corrected chi connectivity index (χ3v) is 7.86. The van der Waals surface area contributed by atoms with Gasteiger partial charge < -0.3 is 15.0 Å².